The zero-order chi connectivity index (χ0) is 20.6. The van der Waals surface area contributed by atoms with Crippen LogP contribution in [0.15, 0.2) is 96.6 Å². The standard InChI is InChI=1S/C26H29FN2O/c27-23-10-7-13-25(15-14-23)30-26(22-8-3-1-4-9-22)16-17-28-18-20-29(21-19-28)24-11-5-2-6-12-24/h1-9,11-15,26H,10,16-21H2. The van der Waals surface area contributed by atoms with Gasteiger partial charge in [-0.15, -0.1) is 0 Å². The fraction of sp³-hybridized carbons (Fsp3) is 0.308. The van der Waals surface area contributed by atoms with Crippen LogP contribution < -0.4 is 4.90 Å². The average Bonchev–Trinajstić information content (AvgIpc) is 3.02. The molecule has 4 rings (SSSR count). The molecule has 1 aliphatic heterocycles. The van der Waals surface area contributed by atoms with Crippen molar-refractivity contribution in [3.63, 3.8) is 0 Å². The molecule has 1 aliphatic carbocycles. The van der Waals surface area contributed by atoms with E-state index in [-0.39, 0.29) is 11.9 Å². The molecule has 0 radical (unpaired) electrons. The van der Waals surface area contributed by atoms with E-state index in [9.17, 15) is 4.39 Å². The SMILES string of the molecule is FC1=CC=C(OC(CCN2CCN(c3ccccc3)CC2)c2ccccc2)C=CC1. The van der Waals surface area contributed by atoms with Crippen LogP contribution in [0.3, 0.4) is 0 Å². The van der Waals surface area contributed by atoms with Crippen LogP contribution in [-0.2, 0) is 4.74 Å². The quantitative estimate of drug-likeness (QED) is 0.593. The van der Waals surface area contributed by atoms with E-state index < -0.39 is 0 Å². The summed E-state index contributed by atoms with van der Waals surface area (Å²) >= 11 is 0. The number of piperazine rings is 1. The van der Waals surface area contributed by atoms with Crippen molar-refractivity contribution < 1.29 is 9.13 Å². The number of hydrogen-bond donors (Lipinski definition) is 0. The second-order valence-electron chi connectivity index (χ2n) is 7.76. The van der Waals surface area contributed by atoms with E-state index in [0.29, 0.717) is 12.2 Å². The lowest BCUT2D eigenvalue weighted by molar-refractivity contribution is 0.101. The van der Waals surface area contributed by atoms with Crippen molar-refractivity contribution >= 4 is 5.69 Å². The summed E-state index contributed by atoms with van der Waals surface area (Å²) in [6.45, 7) is 5.15. The summed E-state index contributed by atoms with van der Waals surface area (Å²) in [7, 11) is 0. The van der Waals surface area contributed by atoms with Gasteiger partial charge in [-0.2, -0.15) is 0 Å². The van der Waals surface area contributed by atoms with Crippen molar-refractivity contribution in [3.05, 3.63) is 102 Å². The van der Waals surface area contributed by atoms with Gasteiger partial charge in [0.1, 0.15) is 17.7 Å². The number of rotatable bonds is 7. The van der Waals surface area contributed by atoms with Gasteiger partial charge in [-0.1, -0.05) is 54.6 Å². The zero-order valence-electron chi connectivity index (χ0n) is 17.3. The highest BCUT2D eigenvalue weighted by atomic mass is 19.1. The Balaban J connectivity index is 1.36. The third-order valence-electron chi connectivity index (χ3n) is 5.67. The first-order valence-corrected chi connectivity index (χ1v) is 10.7. The van der Waals surface area contributed by atoms with Crippen molar-refractivity contribution in [2.75, 3.05) is 37.6 Å². The molecule has 1 saturated heterocycles. The predicted octanol–water partition coefficient (Wildman–Crippen LogP) is 5.65. The topological polar surface area (TPSA) is 15.7 Å². The minimum absolute atomic E-state index is 0.0520. The van der Waals surface area contributed by atoms with Gasteiger partial charge in [-0.25, -0.2) is 4.39 Å². The molecule has 0 aromatic heterocycles. The van der Waals surface area contributed by atoms with Crippen LogP contribution in [0.5, 0.6) is 0 Å². The molecule has 1 atom stereocenters. The van der Waals surface area contributed by atoms with E-state index in [4.69, 9.17) is 4.74 Å². The van der Waals surface area contributed by atoms with E-state index in [1.54, 1.807) is 6.08 Å². The molecular formula is C26H29FN2O. The van der Waals surface area contributed by atoms with Gasteiger partial charge in [0.2, 0.25) is 0 Å². The molecule has 3 nitrogen and oxygen atoms in total. The third kappa shape index (κ3) is 5.61. The van der Waals surface area contributed by atoms with Gasteiger partial charge >= 0.3 is 0 Å². The van der Waals surface area contributed by atoms with Gasteiger partial charge in [0.15, 0.2) is 0 Å². The maximum atomic E-state index is 13.5. The van der Waals surface area contributed by atoms with Crippen molar-refractivity contribution in [1.82, 2.24) is 4.90 Å². The lowest BCUT2D eigenvalue weighted by Crippen LogP contribution is -2.46. The molecule has 1 heterocycles. The Bertz CT molecular complexity index is 884. The molecule has 30 heavy (non-hydrogen) atoms. The molecular weight excluding hydrogens is 375 g/mol. The molecule has 4 heteroatoms. The maximum Gasteiger partial charge on any atom is 0.125 e. The Kier molecular flexibility index (Phi) is 6.99. The molecule has 1 fully saturated rings. The third-order valence-corrected chi connectivity index (χ3v) is 5.67. The Morgan fingerprint density at radius 1 is 0.867 bits per heavy atom. The maximum absolute atomic E-state index is 13.5. The van der Waals surface area contributed by atoms with Crippen LogP contribution in [0.1, 0.15) is 24.5 Å². The smallest absolute Gasteiger partial charge is 0.125 e. The average molecular weight is 405 g/mol. The Morgan fingerprint density at radius 3 is 2.30 bits per heavy atom. The van der Waals surface area contributed by atoms with E-state index in [0.717, 1.165) is 44.7 Å². The van der Waals surface area contributed by atoms with Crippen LogP contribution in [0, 0.1) is 0 Å². The van der Waals surface area contributed by atoms with Crippen molar-refractivity contribution in [1.29, 1.82) is 0 Å². The Labute approximate surface area is 178 Å². The monoisotopic (exact) mass is 404 g/mol. The van der Waals surface area contributed by atoms with Gasteiger partial charge in [-0.3, -0.25) is 4.90 Å². The second-order valence-corrected chi connectivity index (χ2v) is 7.76. The van der Waals surface area contributed by atoms with Gasteiger partial charge in [0.25, 0.3) is 0 Å². The highest BCUT2D eigenvalue weighted by molar-refractivity contribution is 5.46. The van der Waals surface area contributed by atoms with Crippen LogP contribution in [-0.4, -0.2) is 37.6 Å². The number of anilines is 1. The largest absolute Gasteiger partial charge is 0.486 e. The number of allylic oxidation sites excluding steroid dienone is 5. The summed E-state index contributed by atoms with van der Waals surface area (Å²) in [5.74, 6) is 0.572. The van der Waals surface area contributed by atoms with Gasteiger partial charge in [0.05, 0.1) is 0 Å². The van der Waals surface area contributed by atoms with E-state index in [2.05, 4.69) is 52.3 Å². The fourth-order valence-corrected chi connectivity index (χ4v) is 3.96. The van der Waals surface area contributed by atoms with E-state index >= 15 is 0 Å². The molecule has 0 spiro atoms. The lowest BCUT2D eigenvalue weighted by atomic mass is 10.1. The Hall–Kier alpha value is -2.85. The fourth-order valence-electron chi connectivity index (χ4n) is 3.96. The molecule has 0 amide bonds. The summed E-state index contributed by atoms with van der Waals surface area (Å²) in [5, 5.41) is 0. The molecule has 1 unspecified atom stereocenters. The molecule has 2 aliphatic rings. The van der Waals surface area contributed by atoms with E-state index in [1.807, 2.05) is 30.4 Å². The zero-order valence-corrected chi connectivity index (χ0v) is 17.3. The summed E-state index contributed by atoms with van der Waals surface area (Å²) in [6.07, 6.45) is 8.09. The Morgan fingerprint density at radius 2 is 1.57 bits per heavy atom. The molecule has 0 bridgehead atoms. The lowest BCUT2D eigenvalue weighted by Gasteiger charge is -2.36. The first-order chi connectivity index (χ1) is 14.8. The molecule has 156 valence electrons. The first kappa shape index (κ1) is 20.4. The predicted molar refractivity (Wildman–Crippen MR) is 121 cm³/mol. The second kappa shape index (κ2) is 10.3. The van der Waals surface area contributed by atoms with Crippen LogP contribution in [0.25, 0.3) is 0 Å². The first-order valence-electron chi connectivity index (χ1n) is 10.7. The number of hydrogen-bond acceptors (Lipinski definition) is 3. The highest BCUT2D eigenvalue weighted by Crippen LogP contribution is 2.27. The molecule has 0 saturated carbocycles. The summed E-state index contributed by atoms with van der Waals surface area (Å²) < 4.78 is 19.8. The van der Waals surface area contributed by atoms with Crippen LogP contribution in [0.4, 0.5) is 10.1 Å². The minimum atomic E-state index is -0.141. The number of benzene rings is 2. The molecule has 0 N–H and O–H groups in total. The van der Waals surface area contributed by atoms with Crippen molar-refractivity contribution in [2.24, 2.45) is 0 Å². The highest BCUT2D eigenvalue weighted by Gasteiger charge is 2.20. The summed E-state index contributed by atoms with van der Waals surface area (Å²) in [4.78, 5) is 4.96. The van der Waals surface area contributed by atoms with Gasteiger partial charge in [-0.05, 0) is 35.9 Å². The van der Waals surface area contributed by atoms with Crippen molar-refractivity contribution in [3.8, 4) is 0 Å². The van der Waals surface area contributed by atoms with Crippen LogP contribution in [0.2, 0.25) is 0 Å². The molecule has 2 aromatic rings. The molecule has 2 aromatic carbocycles. The number of halogens is 1. The summed E-state index contributed by atoms with van der Waals surface area (Å²) in [6, 6.07) is 20.9. The van der Waals surface area contributed by atoms with Crippen LogP contribution >= 0.6 is 0 Å². The number of ether oxygens (including phenoxy) is 1. The van der Waals surface area contributed by atoms with Gasteiger partial charge < -0.3 is 9.64 Å². The van der Waals surface area contributed by atoms with Crippen molar-refractivity contribution in [2.45, 2.75) is 18.9 Å². The van der Waals surface area contributed by atoms with E-state index in [1.165, 1.54) is 11.8 Å². The number of para-hydroxylation sites is 1. The normalized spacial score (nSPS) is 18.4. The minimum Gasteiger partial charge on any atom is -0.486 e. The van der Waals surface area contributed by atoms with Gasteiger partial charge in [0, 0.05) is 51.3 Å². The summed E-state index contributed by atoms with van der Waals surface area (Å²) in [5.41, 5.74) is 2.46. The number of nitrogens with zero attached hydrogens (tertiary/aromatic N) is 2.